The molecule has 1 heterocycles. The second-order valence-electron chi connectivity index (χ2n) is 5.41. The Morgan fingerprint density at radius 1 is 1.19 bits per heavy atom. The number of amides is 1. The zero-order valence-corrected chi connectivity index (χ0v) is 14.6. The van der Waals surface area contributed by atoms with Gasteiger partial charge in [0.05, 0.1) is 0 Å². The first kappa shape index (κ1) is 18.7. The molecule has 3 rings (SSSR count). The van der Waals surface area contributed by atoms with E-state index in [0.717, 1.165) is 4.80 Å². The maximum absolute atomic E-state index is 12.4. The molecule has 0 atom stereocenters. The van der Waals surface area contributed by atoms with Gasteiger partial charge in [0.15, 0.2) is 0 Å². The molecule has 1 N–H and O–H groups in total. The summed E-state index contributed by atoms with van der Waals surface area (Å²) in [5.41, 5.74) is 1.14. The normalized spacial score (nSPS) is 10.8. The van der Waals surface area contributed by atoms with Crippen LogP contribution < -0.4 is 10.1 Å². The largest absolute Gasteiger partial charge is 0.434 e. The first-order valence-electron chi connectivity index (χ1n) is 7.84. The molecular formula is C17H14ClF2N5O2. The average Bonchev–Trinajstić information content (AvgIpc) is 3.09. The summed E-state index contributed by atoms with van der Waals surface area (Å²) in [6, 6.07) is 13.1. The summed E-state index contributed by atoms with van der Waals surface area (Å²) in [6.45, 7) is -3.08. The average molecular weight is 394 g/mol. The second kappa shape index (κ2) is 8.54. The van der Waals surface area contributed by atoms with Crippen LogP contribution in [0.4, 0.5) is 8.78 Å². The van der Waals surface area contributed by atoms with Crippen LogP contribution in [0.5, 0.6) is 5.75 Å². The van der Waals surface area contributed by atoms with Gasteiger partial charge in [-0.15, -0.1) is 10.2 Å². The van der Waals surface area contributed by atoms with Gasteiger partial charge in [0.1, 0.15) is 12.3 Å². The zero-order valence-electron chi connectivity index (χ0n) is 13.8. The molecule has 0 unspecified atom stereocenters. The molecule has 0 aliphatic rings. The maximum atomic E-state index is 12.4. The van der Waals surface area contributed by atoms with E-state index in [2.05, 4.69) is 25.5 Å². The summed E-state index contributed by atoms with van der Waals surface area (Å²) in [6.07, 6.45) is 0. The molecule has 0 aliphatic heterocycles. The van der Waals surface area contributed by atoms with E-state index in [1.54, 1.807) is 42.5 Å². The van der Waals surface area contributed by atoms with Crippen molar-refractivity contribution in [3.05, 3.63) is 59.1 Å². The number of hydrogen-bond acceptors (Lipinski definition) is 5. The van der Waals surface area contributed by atoms with Gasteiger partial charge in [0, 0.05) is 22.7 Å². The molecule has 10 heteroatoms. The standard InChI is InChI=1S/C17H14ClF2N5O2/c18-13-7-5-11(6-8-13)16-22-24-25(23-16)10-15(26)21-9-12-3-1-2-4-14(12)27-17(19)20/h1-8,17H,9-10H2,(H,21,26). The minimum Gasteiger partial charge on any atom is -0.434 e. The van der Waals surface area contributed by atoms with Gasteiger partial charge < -0.3 is 10.1 Å². The van der Waals surface area contributed by atoms with E-state index >= 15 is 0 Å². The molecule has 0 saturated carbocycles. The molecule has 3 aromatic rings. The third-order valence-corrected chi connectivity index (χ3v) is 3.76. The number of nitrogens with one attached hydrogen (secondary N) is 1. The van der Waals surface area contributed by atoms with Crippen molar-refractivity contribution in [2.45, 2.75) is 19.7 Å². The fourth-order valence-corrected chi connectivity index (χ4v) is 2.39. The number of carbonyl (C=O) groups is 1. The highest BCUT2D eigenvalue weighted by atomic mass is 35.5. The summed E-state index contributed by atoms with van der Waals surface area (Å²) < 4.78 is 29.2. The predicted octanol–water partition coefficient (Wildman–Crippen LogP) is 2.91. The SMILES string of the molecule is O=C(Cn1nnc(-c2ccc(Cl)cc2)n1)NCc1ccccc1OC(F)F. The molecule has 0 bridgehead atoms. The van der Waals surface area contributed by atoms with Crippen LogP contribution >= 0.6 is 11.6 Å². The Kier molecular flexibility index (Phi) is 5.92. The highest BCUT2D eigenvalue weighted by molar-refractivity contribution is 6.30. The van der Waals surface area contributed by atoms with Crippen LogP contribution in [-0.4, -0.2) is 32.7 Å². The summed E-state index contributed by atoms with van der Waals surface area (Å²) in [5, 5.41) is 15.0. The van der Waals surface area contributed by atoms with E-state index in [9.17, 15) is 13.6 Å². The fourth-order valence-electron chi connectivity index (χ4n) is 2.26. The number of nitrogens with zero attached hydrogens (tertiary/aromatic N) is 4. The van der Waals surface area contributed by atoms with Crippen LogP contribution in [0, 0.1) is 0 Å². The lowest BCUT2D eigenvalue weighted by Gasteiger charge is -2.11. The molecule has 1 amide bonds. The minimum absolute atomic E-state index is 0.0108. The van der Waals surface area contributed by atoms with Gasteiger partial charge in [-0.2, -0.15) is 13.6 Å². The van der Waals surface area contributed by atoms with Crippen LogP contribution in [0.1, 0.15) is 5.56 Å². The number of carbonyl (C=O) groups excluding carboxylic acids is 1. The minimum atomic E-state index is -2.94. The Morgan fingerprint density at radius 2 is 1.93 bits per heavy atom. The Bertz CT molecular complexity index is 918. The van der Waals surface area contributed by atoms with Crippen molar-refractivity contribution in [1.82, 2.24) is 25.5 Å². The maximum Gasteiger partial charge on any atom is 0.387 e. The van der Waals surface area contributed by atoms with Crippen molar-refractivity contribution >= 4 is 17.5 Å². The Labute approximate surface area is 157 Å². The molecule has 2 aromatic carbocycles. The highest BCUT2D eigenvalue weighted by Gasteiger charge is 2.12. The predicted molar refractivity (Wildman–Crippen MR) is 93.2 cm³/mol. The molecule has 7 nitrogen and oxygen atoms in total. The van der Waals surface area contributed by atoms with Crippen LogP contribution in [0.3, 0.4) is 0 Å². The van der Waals surface area contributed by atoms with Crippen LogP contribution in [0.15, 0.2) is 48.5 Å². The van der Waals surface area contributed by atoms with Crippen LogP contribution in [0.25, 0.3) is 11.4 Å². The molecule has 0 saturated heterocycles. The molecule has 27 heavy (non-hydrogen) atoms. The number of alkyl halides is 2. The molecule has 1 aromatic heterocycles. The van der Waals surface area contributed by atoms with Crippen molar-refractivity contribution in [1.29, 1.82) is 0 Å². The Hall–Kier alpha value is -3.07. The molecule has 0 radical (unpaired) electrons. The van der Waals surface area contributed by atoms with E-state index in [4.69, 9.17) is 11.6 Å². The number of tetrazole rings is 1. The summed E-state index contributed by atoms with van der Waals surface area (Å²) in [5.74, 6) is -0.0336. The number of rotatable bonds is 7. The Morgan fingerprint density at radius 3 is 2.67 bits per heavy atom. The lowest BCUT2D eigenvalue weighted by molar-refractivity contribution is -0.122. The van der Waals surface area contributed by atoms with Crippen molar-refractivity contribution in [3.63, 3.8) is 0 Å². The number of hydrogen-bond donors (Lipinski definition) is 1. The molecule has 0 spiro atoms. The fraction of sp³-hybridized carbons (Fsp3) is 0.176. The second-order valence-corrected chi connectivity index (χ2v) is 5.85. The summed E-state index contributed by atoms with van der Waals surface area (Å²) >= 11 is 5.83. The number of para-hydroxylation sites is 1. The molecular weight excluding hydrogens is 380 g/mol. The van der Waals surface area contributed by atoms with Gasteiger partial charge in [-0.1, -0.05) is 29.8 Å². The van der Waals surface area contributed by atoms with Gasteiger partial charge in [-0.05, 0) is 35.5 Å². The number of halogens is 3. The first-order valence-corrected chi connectivity index (χ1v) is 8.22. The lowest BCUT2D eigenvalue weighted by Crippen LogP contribution is -2.28. The van der Waals surface area contributed by atoms with Gasteiger partial charge in [0.2, 0.25) is 11.7 Å². The van der Waals surface area contributed by atoms with Gasteiger partial charge in [-0.25, -0.2) is 0 Å². The highest BCUT2D eigenvalue weighted by Crippen LogP contribution is 2.20. The van der Waals surface area contributed by atoms with E-state index in [1.807, 2.05) is 0 Å². The first-order chi connectivity index (χ1) is 13.0. The van der Waals surface area contributed by atoms with Crippen molar-refractivity contribution in [2.24, 2.45) is 0 Å². The molecule has 140 valence electrons. The summed E-state index contributed by atoms with van der Waals surface area (Å²) in [7, 11) is 0. The van der Waals surface area contributed by atoms with E-state index in [-0.39, 0.29) is 18.8 Å². The lowest BCUT2D eigenvalue weighted by atomic mass is 10.2. The smallest absolute Gasteiger partial charge is 0.387 e. The number of benzene rings is 2. The van der Waals surface area contributed by atoms with Crippen LogP contribution in [-0.2, 0) is 17.9 Å². The zero-order chi connectivity index (χ0) is 19.2. The van der Waals surface area contributed by atoms with Crippen molar-refractivity contribution in [2.75, 3.05) is 0 Å². The van der Waals surface area contributed by atoms with Crippen molar-refractivity contribution in [3.8, 4) is 17.1 Å². The molecule has 0 fully saturated rings. The van der Waals surface area contributed by atoms with E-state index < -0.39 is 12.5 Å². The van der Waals surface area contributed by atoms with Gasteiger partial charge >= 0.3 is 6.61 Å². The van der Waals surface area contributed by atoms with Gasteiger partial charge in [-0.3, -0.25) is 4.79 Å². The van der Waals surface area contributed by atoms with Crippen LogP contribution in [0.2, 0.25) is 5.02 Å². The third kappa shape index (κ3) is 5.20. The third-order valence-electron chi connectivity index (χ3n) is 3.50. The number of aromatic nitrogens is 4. The summed E-state index contributed by atoms with van der Waals surface area (Å²) in [4.78, 5) is 13.2. The monoisotopic (exact) mass is 393 g/mol. The Balaban J connectivity index is 1.58. The quantitative estimate of drug-likeness (QED) is 0.667. The van der Waals surface area contributed by atoms with Gasteiger partial charge in [0.25, 0.3) is 0 Å². The topological polar surface area (TPSA) is 81.9 Å². The van der Waals surface area contributed by atoms with E-state index in [1.165, 1.54) is 6.07 Å². The van der Waals surface area contributed by atoms with Crippen molar-refractivity contribution < 1.29 is 18.3 Å². The van der Waals surface area contributed by atoms with E-state index in [0.29, 0.717) is 22.0 Å². The number of ether oxygens (including phenoxy) is 1. The molecule has 0 aliphatic carbocycles.